The summed E-state index contributed by atoms with van der Waals surface area (Å²) in [5.41, 5.74) is 0.283. The third-order valence-electron chi connectivity index (χ3n) is 3.55. The summed E-state index contributed by atoms with van der Waals surface area (Å²) in [6, 6.07) is 2.73. The molecule has 1 heterocycles. The summed E-state index contributed by atoms with van der Waals surface area (Å²) in [7, 11) is -5.90. The molecule has 21 heavy (non-hydrogen) atoms. The van der Waals surface area contributed by atoms with E-state index in [1.54, 1.807) is 0 Å². The van der Waals surface area contributed by atoms with Crippen LogP contribution in [0.5, 0.6) is 0 Å². The first-order chi connectivity index (χ1) is 9.67. The number of sulfonamides is 1. The second-order valence-corrected chi connectivity index (χ2v) is 9.43. The van der Waals surface area contributed by atoms with Gasteiger partial charge < -0.3 is 0 Å². The standard InChI is InChI=1S/C12H15ClFNO4S2/c1-15(11-4-5-20(16,17)8-11)21(18,19)12-6-10(14)3-2-9(12)7-13/h2-3,6,11H,4-5,7-8H2,1H3. The van der Waals surface area contributed by atoms with Gasteiger partial charge in [-0.25, -0.2) is 21.2 Å². The first-order valence-electron chi connectivity index (χ1n) is 6.20. The second-order valence-electron chi connectivity index (χ2n) is 4.96. The van der Waals surface area contributed by atoms with Gasteiger partial charge in [0.2, 0.25) is 10.0 Å². The molecular weight excluding hydrogens is 341 g/mol. The molecule has 0 N–H and O–H groups in total. The fourth-order valence-electron chi connectivity index (χ4n) is 2.29. The minimum atomic E-state index is -3.99. The summed E-state index contributed by atoms with van der Waals surface area (Å²) in [6.45, 7) is 0. The summed E-state index contributed by atoms with van der Waals surface area (Å²) in [4.78, 5) is -0.218. The number of nitrogens with zero attached hydrogens (tertiary/aromatic N) is 1. The number of sulfone groups is 1. The molecule has 1 aliphatic heterocycles. The highest BCUT2D eigenvalue weighted by atomic mass is 35.5. The molecule has 1 saturated heterocycles. The molecule has 118 valence electrons. The average Bonchev–Trinajstić information content (AvgIpc) is 2.78. The molecule has 0 aromatic heterocycles. The maximum Gasteiger partial charge on any atom is 0.243 e. The average molecular weight is 356 g/mol. The van der Waals surface area contributed by atoms with Crippen molar-refractivity contribution in [3.63, 3.8) is 0 Å². The molecule has 0 amide bonds. The molecule has 0 bridgehead atoms. The third kappa shape index (κ3) is 3.39. The van der Waals surface area contributed by atoms with Gasteiger partial charge in [-0.05, 0) is 24.1 Å². The molecule has 1 aliphatic rings. The van der Waals surface area contributed by atoms with Gasteiger partial charge in [-0.3, -0.25) is 0 Å². The molecule has 0 saturated carbocycles. The molecule has 2 rings (SSSR count). The molecule has 0 spiro atoms. The van der Waals surface area contributed by atoms with Crippen LogP contribution >= 0.6 is 11.6 Å². The number of hydrogen-bond donors (Lipinski definition) is 0. The summed E-state index contributed by atoms with van der Waals surface area (Å²) >= 11 is 5.70. The van der Waals surface area contributed by atoms with Crippen LogP contribution in [0, 0.1) is 5.82 Å². The minimum Gasteiger partial charge on any atom is -0.229 e. The molecule has 1 atom stereocenters. The van der Waals surface area contributed by atoms with Gasteiger partial charge >= 0.3 is 0 Å². The van der Waals surface area contributed by atoms with E-state index < -0.39 is 31.7 Å². The van der Waals surface area contributed by atoms with Crippen LogP contribution in [0.1, 0.15) is 12.0 Å². The number of benzene rings is 1. The van der Waals surface area contributed by atoms with Crippen molar-refractivity contribution in [3.05, 3.63) is 29.6 Å². The molecule has 0 aliphatic carbocycles. The molecule has 5 nitrogen and oxygen atoms in total. The SMILES string of the molecule is CN(C1CCS(=O)(=O)C1)S(=O)(=O)c1cc(F)ccc1CCl. The van der Waals surface area contributed by atoms with Gasteiger partial charge in [0.05, 0.1) is 16.4 Å². The van der Waals surface area contributed by atoms with Crippen LogP contribution in [0.2, 0.25) is 0 Å². The normalized spacial score (nSPS) is 21.8. The van der Waals surface area contributed by atoms with E-state index >= 15 is 0 Å². The third-order valence-corrected chi connectivity index (χ3v) is 7.58. The zero-order valence-electron chi connectivity index (χ0n) is 11.3. The Morgan fingerprint density at radius 1 is 1.43 bits per heavy atom. The van der Waals surface area contributed by atoms with Crippen LogP contribution < -0.4 is 0 Å². The highest BCUT2D eigenvalue weighted by molar-refractivity contribution is 7.92. The Bertz CT molecular complexity index is 749. The van der Waals surface area contributed by atoms with Gasteiger partial charge in [0.15, 0.2) is 9.84 Å². The Hall–Kier alpha value is -0.700. The summed E-state index contributed by atoms with van der Waals surface area (Å²) in [6.07, 6.45) is 0.240. The highest BCUT2D eigenvalue weighted by Crippen LogP contribution is 2.26. The Morgan fingerprint density at radius 3 is 2.62 bits per heavy atom. The van der Waals surface area contributed by atoms with Crippen molar-refractivity contribution in [2.75, 3.05) is 18.6 Å². The zero-order chi connectivity index (χ0) is 15.8. The summed E-state index contributed by atoms with van der Waals surface area (Å²) in [5, 5.41) is 0. The largest absolute Gasteiger partial charge is 0.243 e. The number of hydrogen-bond acceptors (Lipinski definition) is 4. The van der Waals surface area contributed by atoms with Crippen molar-refractivity contribution < 1.29 is 21.2 Å². The van der Waals surface area contributed by atoms with Crippen LogP contribution in [0.25, 0.3) is 0 Å². The van der Waals surface area contributed by atoms with E-state index in [-0.39, 0.29) is 34.3 Å². The van der Waals surface area contributed by atoms with Crippen molar-refractivity contribution in [2.45, 2.75) is 23.2 Å². The zero-order valence-corrected chi connectivity index (χ0v) is 13.7. The second kappa shape index (κ2) is 5.83. The first-order valence-corrected chi connectivity index (χ1v) is 10.00. The lowest BCUT2D eigenvalue weighted by atomic mass is 10.2. The highest BCUT2D eigenvalue weighted by Gasteiger charge is 2.37. The number of alkyl halides is 1. The topological polar surface area (TPSA) is 71.5 Å². The van der Waals surface area contributed by atoms with E-state index in [2.05, 4.69) is 0 Å². The van der Waals surface area contributed by atoms with Crippen LogP contribution in [0.4, 0.5) is 4.39 Å². The molecule has 1 unspecified atom stereocenters. The van der Waals surface area contributed by atoms with E-state index in [1.807, 2.05) is 0 Å². The van der Waals surface area contributed by atoms with Crippen LogP contribution in [0.15, 0.2) is 23.1 Å². The Labute approximate surface area is 128 Å². The lowest BCUT2D eigenvalue weighted by Gasteiger charge is -2.23. The van der Waals surface area contributed by atoms with Crippen molar-refractivity contribution in [2.24, 2.45) is 0 Å². The molecule has 1 fully saturated rings. The lowest BCUT2D eigenvalue weighted by molar-refractivity contribution is 0.393. The lowest BCUT2D eigenvalue weighted by Crippen LogP contribution is -2.38. The van der Waals surface area contributed by atoms with E-state index in [4.69, 9.17) is 11.6 Å². The van der Waals surface area contributed by atoms with Gasteiger partial charge in [-0.15, -0.1) is 11.6 Å². The van der Waals surface area contributed by atoms with Crippen LogP contribution in [-0.2, 0) is 25.7 Å². The van der Waals surface area contributed by atoms with Gasteiger partial charge in [-0.1, -0.05) is 6.07 Å². The molecule has 9 heteroatoms. The van der Waals surface area contributed by atoms with Crippen LogP contribution in [-0.4, -0.2) is 45.7 Å². The monoisotopic (exact) mass is 355 g/mol. The van der Waals surface area contributed by atoms with Gasteiger partial charge in [0.25, 0.3) is 0 Å². The smallest absolute Gasteiger partial charge is 0.229 e. The van der Waals surface area contributed by atoms with Gasteiger partial charge in [0, 0.05) is 19.0 Å². The minimum absolute atomic E-state index is 0.0387. The Kier molecular flexibility index (Phi) is 4.63. The van der Waals surface area contributed by atoms with Crippen molar-refractivity contribution in [1.29, 1.82) is 0 Å². The first kappa shape index (κ1) is 16.7. The predicted octanol–water partition coefficient (Wildman–Crippen LogP) is 1.37. The van der Waals surface area contributed by atoms with Gasteiger partial charge in [0.1, 0.15) is 5.82 Å². The van der Waals surface area contributed by atoms with Crippen LogP contribution in [0.3, 0.4) is 0 Å². The van der Waals surface area contributed by atoms with E-state index in [0.29, 0.717) is 0 Å². The summed E-state index contributed by atoms with van der Waals surface area (Å²) in [5.74, 6) is -1.02. The van der Waals surface area contributed by atoms with Crippen molar-refractivity contribution >= 4 is 31.5 Å². The van der Waals surface area contributed by atoms with E-state index in [9.17, 15) is 21.2 Å². The number of halogens is 2. The fraction of sp³-hybridized carbons (Fsp3) is 0.500. The molecular formula is C12H15ClFNO4S2. The Morgan fingerprint density at radius 2 is 2.10 bits per heavy atom. The molecule has 0 radical (unpaired) electrons. The predicted molar refractivity (Wildman–Crippen MR) is 78.0 cm³/mol. The maximum atomic E-state index is 13.4. The maximum absolute atomic E-state index is 13.4. The quantitative estimate of drug-likeness (QED) is 0.765. The van der Waals surface area contributed by atoms with Crippen molar-refractivity contribution in [3.8, 4) is 0 Å². The van der Waals surface area contributed by atoms with Crippen molar-refractivity contribution in [1.82, 2.24) is 4.31 Å². The molecule has 1 aromatic rings. The summed E-state index contributed by atoms with van der Waals surface area (Å²) < 4.78 is 62.5. The van der Waals surface area contributed by atoms with E-state index in [0.717, 1.165) is 16.4 Å². The Balaban J connectivity index is 2.40. The fourth-order valence-corrected chi connectivity index (χ4v) is 6.09. The number of rotatable bonds is 4. The van der Waals surface area contributed by atoms with Gasteiger partial charge in [-0.2, -0.15) is 4.31 Å². The molecule has 1 aromatic carbocycles. The van der Waals surface area contributed by atoms with E-state index in [1.165, 1.54) is 13.1 Å².